The molecule has 2 rings (SSSR count). The molecule has 2 aromatic rings. The van der Waals surface area contributed by atoms with E-state index in [1.165, 1.54) is 6.07 Å². The van der Waals surface area contributed by atoms with E-state index >= 15 is 0 Å². The maximum atomic E-state index is 13.2. The molecule has 0 saturated carbocycles. The first-order valence-corrected chi connectivity index (χ1v) is 5.00. The second kappa shape index (κ2) is 4.30. The summed E-state index contributed by atoms with van der Waals surface area (Å²) in [6, 6.07) is 5.06. The van der Waals surface area contributed by atoms with Gasteiger partial charge in [0.05, 0.1) is 6.54 Å². The fourth-order valence-corrected chi connectivity index (χ4v) is 1.37. The summed E-state index contributed by atoms with van der Waals surface area (Å²) in [5, 5.41) is 10.8. The first-order valence-electron chi connectivity index (χ1n) is 5.00. The van der Waals surface area contributed by atoms with Crippen LogP contribution in [0.25, 0.3) is 0 Å². The molecule has 84 valence electrons. The van der Waals surface area contributed by atoms with Crippen LogP contribution in [0.3, 0.4) is 0 Å². The molecule has 0 atom stereocenters. The fourth-order valence-electron chi connectivity index (χ4n) is 1.37. The van der Waals surface area contributed by atoms with Gasteiger partial charge >= 0.3 is 0 Å². The number of rotatable bonds is 3. The molecule has 1 heterocycles. The highest BCUT2D eigenvalue weighted by atomic mass is 19.1. The van der Waals surface area contributed by atoms with Gasteiger partial charge in [0.2, 0.25) is 0 Å². The van der Waals surface area contributed by atoms with Crippen LogP contribution in [-0.4, -0.2) is 15.0 Å². The Bertz CT molecular complexity index is 492. The Morgan fingerprint density at radius 2 is 2.25 bits per heavy atom. The summed E-state index contributed by atoms with van der Waals surface area (Å²) < 4.78 is 14.9. The van der Waals surface area contributed by atoms with Crippen LogP contribution in [0.2, 0.25) is 0 Å². The summed E-state index contributed by atoms with van der Waals surface area (Å²) in [6.45, 7) is 2.28. The van der Waals surface area contributed by atoms with Crippen molar-refractivity contribution in [1.82, 2.24) is 15.0 Å². The second-order valence-corrected chi connectivity index (χ2v) is 3.70. The molecule has 4 nitrogen and oxygen atoms in total. The van der Waals surface area contributed by atoms with E-state index in [1.54, 1.807) is 17.7 Å². The predicted molar refractivity (Wildman–Crippen MR) is 59.5 cm³/mol. The summed E-state index contributed by atoms with van der Waals surface area (Å²) in [5.74, 6) is -0.204. The third-order valence-electron chi connectivity index (χ3n) is 2.30. The van der Waals surface area contributed by atoms with Crippen molar-refractivity contribution in [3.05, 3.63) is 41.5 Å². The Morgan fingerprint density at radius 1 is 1.44 bits per heavy atom. The van der Waals surface area contributed by atoms with Gasteiger partial charge in [-0.15, -0.1) is 5.10 Å². The van der Waals surface area contributed by atoms with Crippen LogP contribution in [-0.2, 0) is 13.6 Å². The van der Waals surface area contributed by atoms with Crippen molar-refractivity contribution in [2.24, 2.45) is 7.05 Å². The molecule has 0 spiro atoms. The number of hydrogen-bond donors (Lipinski definition) is 1. The normalized spacial score (nSPS) is 10.4. The quantitative estimate of drug-likeness (QED) is 0.858. The van der Waals surface area contributed by atoms with Gasteiger partial charge in [0, 0.05) is 18.9 Å². The van der Waals surface area contributed by atoms with Gasteiger partial charge in [0.1, 0.15) is 11.5 Å². The van der Waals surface area contributed by atoms with Crippen LogP contribution in [0, 0.1) is 12.7 Å². The Balaban J connectivity index is 2.02. The summed E-state index contributed by atoms with van der Waals surface area (Å²) in [7, 11) is 1.81. The molecule has 0 aliphatic carbocycles. The van der Waals surface area contributed by atoms with Crippen LogP contribution < -0.4 is 5.32 Å². The van der Waals surface area contributed by atoms with Crippen molar-refractivity contribution in [2.45, 2.75) is 13.5 Å². The van der Waals surface area contributed by atoms with E-state index in [9.17, 15) is 4.39 Å². The van der Waals surface area contributed by atoms with Gasteiger partial charge in [-0.2, -0.15) is 0 Å². The topological polar surface area (TPSA) is 42.7 Å². The maximum Gasteiger partial charge on any atom is 0.128 e. The number of aromatic nitrogens is 3. The number of nitrogens with zero attached hydrogens (tertiary/aromatic N) is 3. The van der Waals surface area contributed by atoms with Gasteiger partial charge in [0.25, 0.3) is 0 Å². The predicted octanol–water partition coefficient (Wildman–Crippen LogP) is 1.87. The van der Waals surface area contributed by atoms with Gasteiger partial charge in [-0.3, -0.25) is 4.68 Å². The van der Waals surface area contributed by atoms with Crippen molar-refractivity contribution < 1.29 is 4.39 Å². The van der Waals surface area contributed by atoms with Gasteiger partial charge in [-0.25, -0.2) is 4.39 Å². The number of nitrogens with one attached hydrogen (secondary N) is 1. The lowest BCUT2D eigenvalue weighted by Crippen LogP contribution is -2.00. The van der Waals surface area contributed by atoms with Gasteiger partial charge < -0.3 is 5.32 Å². The van der Waals surface area contributed by atoms with Crippen molar-refractivity contribution in [1.29, 1.82) is 0 Å². The molecule has 5 heteroatoms. The highest BCUT2D eigenvalue weighted by molar-refractivity contribution is 5.45. The van der Waals surface area contributed by atoms with Gasteiger partial charge in [-0.05, 0) is 24.6 Å². The number of hydrogen-bond acceptors (Lipinski definition) is 3. The SMILES string of the molecule is Cc1ccc(NCc2cn(C)nn2)cc1F. The zero-order chi connectivity index (χ0) is 11.5. The van der Waals surface area contributed by atoms with Crippen molar-refractivity contribution in [3.63, 3.8) is 0 Å². The average molecular weight is 220 g/mol. The lowest BCUT2D eigenvalue weighted by molar-refractivity contribution is 0.619. The minimum atomic E-state index is -0.204. The van der Waals surface area contributed by atoms with E-state index in [4.69, 9.17) is 0 Å². The van der Waals surface area contributed by atoms with Crippen LogP contribution in [0.5, 0.6) is 0 Å². The lowest BCUT2D eigenvalue weighted by atomic mass is 10.2. The van der Waals surface area contributed by atoms with Crippen molar-refractivity contribution in [3.8, 4) is 0 Å². The van der Waals surface area contributed by atoms with Crippen LogP contribution in [0.4, 0.5) is 10.1 Å². The maximum absolute atomic E-state index is 13.2. The molecule has 0 saturated heterocycles. The minimum Gasteiger partial charge on any atom is -0.379 e. The zero-order valence-corrected chi connectivity index (χ0v) is 9.24. The molecule has 1 aromatic heterocycles. The van der Waals surface area contributed by atoms with E-state index in [0.717, 1.165) is 11.4 Å². The molecule has 1 N–H and O–H groups in total. The molecule has 0 unspecified atom stereocenters. The Kier molecular flexibility index (Phi) is 2.85. The second-order valence-electron chi connectivity index (χ2n) is 3.70. The highest BCUT2D eigenvalue weighted by Gasteiger charge is 2.01. The van der Waals surface area contributed by atoms with E-state index < -0.39 is 0 Å². The van der Waals surface area contributed by atoms with E-state index in [-0.39, 0.29) is 5.82 Å². The van der Waals surface area contributed by atoms with Crippen molar-refractivity contribution in [2.75, 3.05) is 5.32 Å². The molecule has 0 radical (unpaired) electrons. The van der Waals surface area contributed by atoms with E-state index in [0.29, 0.717) is 12.1 Å². The first kappa shape index (κ1) is 10.6. The molecule has 0 aliphatic rings. The van der Waals surface area contributed by atoms with Crippen LogP contribution >= 0.6 is 0 Å². The molecule has 0 amide bonds. The molecule has 16 heavy (non-hydrogen) atoms. The first-order chi connectivity index (χ1) is 7.65. The average Bonchev–Trinajstić information content (AvgIpc) is 2.66. The minimum absolute atomic E-state index is 0.204. The molecule has 0 fully saturated rings. The van der Waals surface area contributed by atoms with E-state index in [1.807, 2.05) is 19.3 Å². The number of aryl methyl sites for hydroxylation is 2. The fraction of sp³-hybridized carbons (Fsp3) is 0.273. The van der Waals surface area contributed by atoms with Crippen molar-refractivity contribution >= 4 is 5.69 Å². The van der Waals surface area contributed by atoms with Crippen LogP contribution in [0.15, 0.2) is 24.4 Å². The number of halogens is 1. The summed E-state index contributed by atoms with van der Waals surface area (Å²) >= 11 is 0. The monoisotopic (exact) mass is 220 g/mol. The molecular formula is C11H13FN4. The number of benzene rings is 1. The smallest absolute Gasteiger partial charge is 0.128 e. The van der Waals surface area contributed by atoms with Gasteiger partial charge in [-0.1, -0.05) is 11.3 Å². The third-order valence-corrected chi connectivity index (χ3v) is 2.30. The third kappa shape index (κ3) is 2.36. The summed E-state index contributed by atoms with van der Waals surface area (Å²) in [5.41, 5.74) is 2.21. The Morgan fingerprint density at radius 3 is 2.88 bits per heavy atom. The highest BCUT2D eigenvalue weighted by Crippen LogP contribution is 2.14. The molecule has 0 bridgehead atoms. The molecule has 1 aromatic carbocycles. The van der Waals surface area contributed by atoms with Gasteiger partial charge in [0.15, 0.2) is 0 Å². The summed E-state index contributed by atoms with van der Waals surface area (Å²) in [6.07, 6.45) is 1.82. The Hall–Kier alpha value is -1.91. The van der Waals surface area contributed by atoms with Crippen LogP contribution in [0.1, 0.15) is 11.3 Å². The standard InChI is InChI=1S/C11H13FN4/c1-8-3-4-9(5-11(8)12)13-6-10-7-16(2)15-14-10/h3-5,7,13H,6H2,1-2H3. The lowest BCUT2D eigenvalue weighted by Gasteiger charge is -2.05. The zero-order valence-electron chi connectivity index (χ0n) is 9.24. The van der Waals surface area contributed by atoms with E-state index in [2.05, 4.69) is 15.6 Å². The molecule has 0 aliphatic heterocycles. The summed E-state index contributed by atoms with van der Waals surface area (Å²) in [4.78, 5) is 0. The molecular weight excluding hydrogens is 207 g/mol. The Labute approximate surface area is 93.1 Å². The largest absolute Gasteiger partial charge is 0.379 e. The number of anilines is 1.